The van der Waals surface area contributed by atoms with Gasteiger partial charge >= 0.3 is 0 Å². The van der Waals surface area contributed by atoms with Gasteiger partial charge in [0.05, 0.1) is 7.11 Å². The Labute approximate surface area is 152 Å². The number of hydrogen-bond acceptors (Lipinski definition) is 4. The fraction of sp³-hybridized carbons (Fsp3) is 0.400. The third kappa shape index (κ3) is 3.21. The smallest absolute Gasteiger partial charge is 0.277 e. The number of benzene rings is 1. The summed E-state index contributed by atoms with van der Waals surface area (Å²) in [6.07, 6.45) is 8.10. The van der Waals surface area contributed by atoms with E-state index in [2.05, 4.69) is 11.1 Å². The molecule has 0 N–H and O–H groups in total. The maximum absolute atomic E-state index is 13.0. The lowest BCUT2D eigenvalue weighted by molar-refractivity contribution is 0.0744. The van der Waals surface area contributed by atoms with Crippen molar-refractivity contribution in [2.24, 2.45) is 5.92 Å². The van der Waals surface area contributed by atoms with Crippen LogP contribution in [0.3, 0.4) is 0 Å². The Morgan fingerprint density at radius 2 is 2.20 bits per heavy atom. The van der Waals surface area contributed by atoms with Crippen molar-refractivity contribution in [1.29, 1.82) is 0 Å². The fourth-order valence-corrected chi connectivity index (χ4v) is 4.59. The van der Waals surface area contributed by atoms with Gasteiger partial charge in [0.15, 0.2) is 0 Å². The first-order valence-corrected chi connectivity index (χ1v) is 9.76. The molecular weight excluding hydrogens is 332 g/mol. The van der Waals surface area contributed by atoms with Gasteiger partial charge in [0, 0.05) is 23.2 Å². The molecule has 1 unspecified atom stereocenters. The van der Waals surface area contributed by atoms with Crippen LogP contribution in [0, 0.1) is 5.92 Å². The van der Waals surface area contributed by atoms with E-state index in [0.717, 1.165) is 35.7 Å². The van der Waals surface area contributed by atoms with Crippen LogP contribution in [0.1, 0.15) is 42.6 Å². The van der Waals surface area contributed by atoms with E-state index in [-0.39, 0.29) is 5.91 Å². The molecule has 5 heteroatoms. The SMILES string of the molecule is COc1cccc(-c2nc(C(=O)N3CCCC4CCCC=C43)cs2)c1. The zero-order chi connectivity index (χ0) is 17.2. The number of carbonyl (C=O) groups is 1. The summed E-state index contributed by atoms with van der Waals surface area (Å²) in [6.45, 7) is 0.813. The van der Waals surface area contributed by atoms with E-state index in [1.54, 1.807) is 7.11 Å². The summed E-state index contributed by atoms with van der Waals surface area (Å²) in [4.78, 5) is 19.6. The standard InChI is InChI=1S/C20H22N2O2S/c1-24-16-9-4-7-15(12-16)19-21-17(13-25-19)20(23)22-11-5-8-14-6-2-3-10-18(14)22/h4,7,9-10,12-14H,2-3,5-6,8,11H2,1H3. The van der Waals surface area contributed by atoms with Crippen LogP contribution in [-0.4, -0.2) is 29.4 Å². The molecule has 2 aliphatic rings. The molecule has 1 aromatic carbocycles. The maximum Gasteiger partial charge on any atom is 0.277 e. The van der Waals surface area contributed by atoms with E-state index >= 15 is 0 Å². The molecule has 1 fully saturated rings. The topological polar surface area (TPSA) is 42.4 Å². The number of methoxy groups -OCH3 is 1. The van der Waals surface area contributed by atoms with E-state index in [0.29, 0.717) is 11.6 Å². The Kier molecular flexibility index (Phi) is 4.57. The molecule has 1 atom stereocenters. The molecular formula is C20H22N2O2S. The van der Waals surface area contributed by atoms with Gasteiger partial charge in [-0.3, -0.25) is 4.79 Å². The largest absolute Gasteiger partial charge is 0.497 e. The highest BCUT2D eigenvalue weighted by molar-refractivity contribution is 7.13. The Hall–Kier alpha value is -2.14. The van der Waals surface area contributed by atoms with Crippen molar-refractivity contribution >= 4 is 17.2 Å². The van der Waals surface area contributed by atoms with Crippen LogP contribution in [0.25, 0.3) is 10.6 Å². The second-order valence-electron chi connectivity index (χ2n) is 6.63. The summed E-state index contributed by atoms with van der Waals surface area (Å²) in [5.74, 6) is 1.40. The van der Waals surface area contributed by atoms with Gasteiger partial charge in [0.1, 0.15) is 16.5 Å². The number of thiazole rings is 1. The summed E-state index contributed by atoms with van der Waals surface area (Å²) < 4.78 is 5.28. The van der Waals surface area contributed by atoms with Crippen LogP contribution in [0.2, 0.25) is 0 Å². The molecule has 2 aromatic rings. The van der Waals surface area contributed by atoms with Crippen LogP contribution < -0.4 is 4.74 Å². The van der Waals surface area contributed by atoms with E-state index in [1.807, 2.05) is 34.5 Å². The molecule has 0 saturated carbocycles. The third-order valence-corrected chi connectivity index (χ3v) is 5.95. The van der Waals surface area contributed by atoms with Gasteiger partial charge < -0.3 is 9.64 Å². The highest BCUT2D eigenvalue weighted by Crippen LogP contribution is 2.36. The van der Waals surface area contributed by atoms with Crippen molar-refractivity contribution in [2.75, 3.05) is 13.7 Å². The second kappa shape index (κ2) is 7.00. The average Bonchev–Trinajstić information content (AvgIpc) is 3.17. The van der Waals surface area contributed by atoms with Gasteiger partial charge in [-0.15, -0.1) is 11.3 Å². The van der Waals surface area contributed by atoms with Crippen LogP contribution in [0.4, 0.5) is 0 Å². The molecule has 0 spiro atoms. The lowest BCUT2D eigenvalue weighted by Crippen LogP contribution is -2.39. The summed E-state index contributed by atoms with van der Waals surface area (Å²) >= 11 is 1.51. The van der Waals surface area contributed by atoms with Crippen molar-refractivity contribution in [3.05, 3.63) is 47.1 Å². The van der Waals surface area contributed by atoms with Gasteiger partial charge in [0.2, 0.25) is 0 Å². The summed E-state index contributed by atoms with van der Waals surface area (Å²) in [7, 11) is 1.65. The van der Waals surface area contributed by atoms with Crippen molar-refractivity contribution in [2.45, 2.75) is 32.1 Å². The quantitative estimate of drug-likeness (QED) is 0.799. The molecule has 130 valence electrons. The molecule has 1 aromatic heterocycles. The second-order valence-corrected chi connectivity index (χ2v) is 7.48. The maximum atomic E-state index is 13.0. The Balaban J connectivity index is 1.59. The van der Waals surface area contributed by atoms with Crippen molar-refractivity contribution in [1.82, 2.24) is 9.88 Å². The summed E-state index contributed by atoms with van der Waals surface area (Å²) in [5, 5.41) is 2.73. The van der Waals surface area contributed by atoms with E-state index < -0.39 is 0 Å². The molecule has 1 saturated heterocycles. The fourth-order valence-electron chi connectivity index (χ4n) is 3.79. The first-order valence-electron chi connectivity index (χ1n) is 8.88. The van der Waals surface area contributed by atoms with Gasteiger partial charge in [0.25, 0.3) is 5.91 Å². The Bertz CT molecular complexity index is 812. The van der Waals surface area contributed by atoms with E-state index in [9.17, 15) is 4.79 Å². The van der Waals surface area contributed by atoms with Crippen LogP contribution in [-0.2, 0) is 0 Å². The molecule has 1 aliphatic heterocycles. The number of aromatic nitrogens is 1. The van der Waals surface area contributed by atoms with Crippen molar-refractivity contribution in [3.8, 4) is 16.3 Å². The van der Waals surface area contributed by atoms with E-state index in [4.69, 9.17) is 4.74 Å². The minimum absolute atomic E-state index is 0.0447. The van der Waals surface area contributed by atoms with Crippen molar-refractivity contribution < 1.29 is 9.53 Å². The molecule has 25 heavy (non-hydrogen) atoms. The number of likely N-dealkylation sites (tertiary alicyclic amines) is 1. The zero-order valence-electron chi connectivity index (χ0n) is 14.4. The van der Waals surface area contributed by atoms with Gasteiger partial charge in [-0.2, -0.15) is 0 Å². The third-order valence-electron chi connectivity index (χ3n) is 5.06. The highest BCUT2D eigenvalue weighted by Gasteiger charge is 2.31. The molecule has 2 heterocycles. The summed E-state index contributed by atoms with van der Waals surface area (Å²) in [5.41, 5.74) is 2.77. The number of amides is 1. The lowest BCUT2D eigenvalue weighted by atomic mass is 9.85. The minimum Gasteiger partial charge on any atom is -0.497 e. The monoisotopic (exact) mass is 354 g/mol. The van der Waals surface area contributed by atoms with Gasteiger partial charge in [-0.1, -0.05) is 18.2 Å². The number of carbonyl (C=O) groups excluding carboxylic acids is 1. The Morgan fingerprint density at radius 1 is 1.32 bits per heavy atom. The van der Waals surface area contributed by atoms with Gasteiger partial charge in [-0.25, -0.2) is 4.98 Å². The summed E-state index contributed by atoms with van der Waals surface area (Å²) in [6, 6.07) is 7.80. The molecule has 0 radical (unpaired) electrons. The van der Waals surface area contributed by atoms with Crippen LogP contribution in [0.5, 0.6) is 5.75 Å². The normalized spacial score (nSPS) is 20.0. The number of fused-ring (bicyclic) bond motifs is 1. The van der Waals surface area contributed by atoms with Crippen molar-refractivity contribution in [3.63, 3.8) is 0 Å². The number of hydrogen-bond donors (Lipinski definition) is 0. The number of ether oxygens (including phenoxy) is 1. The zero-order valence-corrected chi connectivity index (χ0v) is 15.2. The molecule has 1 amide bonds. The van der Waals surface area contributed by atoms with Crippen LogP contribution in [0.15, 0.2) is 41.4 Å². The predicted octanol–water partition coefficient (Wildman–Crippen LogP) is 4.74. The molecule has 0 bridgehead atoms. The highest BCUT2D eigenvalue weighted by atomic mass is 32.1. The van der Waals surface area contributed by atoms with E-state index in [1.165, 1.54) is 36.3 Å². The minimum atomic E-state index is 0.0447. The molecule has 1 aliphatic carbocycles. The van der Waals surface area contributed by atoms with Crippen LogP contribution >= 0.6 is 11.3 Å². The number of allylic oxidation sites excluding steroid dienone is 2. The number of rotatable bonds is 3. The Morgan fingerprint density at radius 3 is 3.08 bits per heavy atom. The first-order chi connectivity index (χ1) is 12.3. The number of nitrogens with zero attached hydrogens (tertiary/aromatic N) is 2. The number of piperidine rings is 1. The molecule has 4 rings (SSSR count). The average molecular weight is 354 g/mol. The van der Waals surface area contributed by atoms with Gasteiger partial charge in [-0.05, 0) is 50.2 Å². The first kappa shape index (κ1) is 16.3. The lowest BCUT2D eigenvalue weighted by Gasteiger charge is -2.37. The molecule has 4 nitrogen and oxygen atoms in total. The predicted molar refractivity (Wildman–Crippen MR) is 99.8 cm³/mol.